The van der Waals surface area contributed by atoms with Crippen molar-refractivity contribution in [3.05, 3.63) is 17.0 Å². The highest BCUT2D eigenvalue weighted by molar-refractivity contribution is 5.67. The van der Waals surface area contributed by atoms with E-state index >= 15 is 0 Å². The van der Waals surface area contributed by atoms with Crippen LogP contribution in [-0.2, 0) is 17.8 Å². The van der Waals surface area contributed by atoms with Crippen LogP contribution in [0.4, 0.5) is 0 Å². The molecule has 0 saturated carbocycles. The summed E-state index contributed by atoms with van der Waals surface area (Å²) in [7, 11) is 4.05. The highest BCUT2D eigenvalue weighted by Crippen LogP contribution is 2.15. The molecule has 0 aliphatic heterocycles. The van der Waals surface area contributed by atoms with E-state index in [9.17, 15) is 4.79 Å². The molecule has 1 heterocycles. The van der Waals surface area contributed by atoms with Crippen molar-refractivity contribution < 1.29 is 9.90 Å². The monoisotopic (exact) mass is 239 g/mol. The molecule has 0 atom stereocenters. The highest BCUT2D eigenvalue weighted by atomic mass is 16.4. The number of aromatic nitrogens is 2. The van der Waals surface area contributed by atoms with E-state index in [2.05, 4.69) is 10.00 Å². The fourth-order valence-electron chi connectivity index (χ4n) is 1.84. The minimum Gasteiger partial charge on any atom is -0.481 e. The predicted molar refractivity (Wildman–Crippen MR) is 66.2 cm³/mol. The van der Waals surface area contributed by atoms with Gasteiger partial charge in [0, 0.05) is 18.7 Å². The van der Waals surface area contributed by atoms with E-state index in [1.54, 1.807) is 0 Å². The van der Waals surface area contributed by atoms with Crippen molar-refractivity contribution in [1.82, 2.24) is 14.7 Å². The molecule has 0 radical (unpaired) electrons. The van der Waals surface area contributed by atoms with Crippen molar-refractivity contribution in [2.24, 2.45) is 0 Å². The molecule has 5 heteroatoms. The summed E-state index contributed by atoms with van der Waals surface area (Å²) in [5.74, 6) is -0.759. The standard InChI is InChI=1S/C12H21N3O2/c1-9-11(5-6-12(16)17)10(2)15(13-9)8-7-14(3)4/h5-8H2,1-4H3,(H,16,17). The zero-order chi connectivity index (χ0) is 13.0. The van der Waals surface area contributed by atoms with Crippen LogP contribution in [0, 0.1) is 13.8 Å². The maximum atomic E-state index is 10.6. The van der Waals surface area contributed by atoms with E-state index in [-0.39, 0.29) is 6.42 Å². The Morgan fingerprint density at radius 3 is 2.59 bits per heavy atom. The van der Waals surface area contributed by atoms with Gasteiger partial charge in [-0.05, 0) is 39.9 Å². The Kier molecular flexibility index (Phi) is 4.69. The molecule has 1 N–H and O–H groups in total. The van der Waals surface area contributed by atoms with Crippen LogP contribution in [0.3, 0.4) is 0 Å². The van der Waals surface area contributed by atoms with Gasteiger partial charge in [0.2, 0.25) is 0 Å². The van der Waals surface area contributed by atoms with Crippen LogP contribution in [0.15, 0.2) is 0 Å². The van der Waals surface area contributed by atoms with E-state index in [0.717, 1.165) is 30.0 Å². The fraction of sp³-hybridized carbons (Fsp3) is 0.667. The van der Waals surface area contributed by atoms with Gasteiger partial charge in [0.1, 0.15) is 0 Å². The Hall–Kier alpha value is -1.36. The third-order valence-corrected chi connectivity index (χ3v) is 2.88. The van der Waals surface area contributed by atoms with Gasteiger partial charge < -0.3 is 10.0 Å². The molecule has 0 aliphatic carbocycles. The summed E-state index contributed by atoms with van der Waals surface area (Å²) < 4.78 is 1.96. The van der Waals surface area contributed by atoms with E-state index in [4.69, 9.17) is 5.11 Å². The first-order chi connectivity index (χ1) is 7.91. The smallest absolute Gasteiger partial charge is 0.303 e. The van der Waals surface area contributed by atoms with E-state index in [1.807, 2.05) is 32.6 Å². The quantitative estimate of drug-likeness (QED) is 0.807. The van der Waals surface area contributed by atoms with Crippen LogP contribution >= 0.6 is 0 Å². The zero-order valence-corrected chi connectivity index (χ0v) is 11.0. The summed E-state index contributed by atoms with van der Waals surface area (Å²) in [6.45, 7) is 5.72. The number of carboxylic acid groups (broad SMARTS) is 1. The summed E-state index contributed by atoms with van der Waals surface area (Å²) in [5.41, 5.74) is 3.11. The van der Waals surface area contributed by atoms with E-state index in [0.29, 0.717) is 6.42 Å². The molecule has 0 amide bonds. The number of hydrogen-bond donors (Lipinski definition) is 1. The van der Waals surface area contributed by atoms with Crippen LogP contribution in [0.2, 0.25) is 0 Å². The first-order valence-electron chi connectivity index (χ1n) is 5.81. The SMILES string of the molecule is Cc1nn(CCN(C)C)c(C)c1CCC(=O)O. The topological polar surface area (TPSA) is 58.4 Å². The number of carboxylic acids is 1. The average molecular weight is 239 g/mol. The van der Waals surface area contributed by atoms with Gasteiger partial charge in [-0.15, -0.1) is 0 Å². The van der Waals surface area contributed by atoms with Crippen molar-refractivity contribution >= 4 is 5.97 Å². The summed E-state index contributed by atoms with van der Waals surface area (Å²) in [5, 5.41) is 13.2. The molecule has 0 unspecified atom stereocenters. The number of hydrogen-bond acceptors (Lipinski definition) is 3. The minimum atomic E-state index is -0.759. The van der Waals surface area contributed by atoms with Crippen molar-refractivity contribution in [3.63, 3.8) is 0 Å². The molecule has 1 aromatic rings. The molecule has 0 aromatic carbocycles. The van der Waals surface area contributed by atoms with E-state index < -0.39 is 5.97 Å². The second kappa shape index (κ2) is 5.82. The van der Waals surface area contributed by atoms with Gasteiger partial charge in [-0.3, -0.25) is 9.48 Å². The Balaban J connectivity index is 2.75. The van der Waals surface area contributed by atoms with Gasteiger partial charge in [-0.25, -0.2) is 0 Å². The Labute approximate surface area is 102 Å². The summed E-state index contributed by atoms with van der Waals surface area (Å²) in [6.07, 6.45) is 0.732. The fourth-order valence-corrected chi connectivity index (χ4v) is 1.84. The second-order valence-corrected chi connectivity index (χ2v) is 4.57. The molecular formula is C12H21N3O2. The summed E-state index contributed by atoms with van der Waals surface area (Å²) in [6, 6.07) is 0. The first kappa shape index (κ1) is 13.7. The van der Waals surface area contributed by atoms with Gasteiger partial charge >= 0.3 is 5.97 Å². The number of nitrogens with zero attached hydrogens (tertiary/aromatic N) is 3. The lowest BCUT2D eigenvalue weighted by Gasteiger charge is -2.10. The number of aliphatic carboxylic acids is 1. The molecule has 0 spiro atoms. The van der Waals surface area contributed by atoms with Crippen LogP contribution in [0.5, 0.6) is 0 Å². The normalized spacial score (nSPS) is 11.1. The molecule has 0 bridgehead atoms. The molecular weight excluding hydrogens is 218 g/mol. The predicted octanol–water partition coefficient (Wildman–Crippen LogP) is 1.08. The molecule has 96 valence electrons. The number of likely N-dealkylation sites (N-methyl/N-ethyl adjacent to an activating group) is 1. The largest absolute Gasteiger partial charge is 0.481 e. The van der Waals surface area contributed by atoms with E-state index in [1.165, 1.54) is 0 Å². The molecule has 0 aliphatic rings. The summed E-state index contributed by atoms with van der Waals surface area (Å²) >= 11 is 0. The molecule has 1 rings (SSSR count). The van der Waals surface area contributed by atoms with Gasteiger partial charge in [0.25, 0.3) is 0 Å². The van der Waals surface area contributed by atoms with Crippen molar-refractivity contribution in [2.75, 3.05) is 20.6 Å². The lowest BCUT2D eigenvalue weighted by atomic mass is 10.1. The number of carbonyl (C=O) groups is 1. The van der Waals surface area contributed by atoms with Crippen LogP contribution in [0.25, 0.3) is 0 Å². The highest BCUT2D eigenvalue weighted by Gasteiger charge is 2.12. The van der Waals surface area contributed by atoms with Gasteiger partial charge in [0.15, 0.2) is 0 Å². The minimum absolute atomic E-state index is 0.168. The Morgan fingerprint density at radius 1 is 1.41 bits per heavy atom. The van der Waals surface area contributed by atoms with Crippen molar-refractivity contribution in [2.45, 2.75) is 33.2 Å². The lowest BCUT2D eigenvalue weighted by Crippen LogP contribution is -2.19. The second-order valence-electron chi connectivity index (χ2n) is 4.57. The maximum absolute atomic E-state index is 10.6. The molecule has 0 fully saturated rings. The maximum Gasteiger partial charge on any atom is 0.303 e. The van der Waals surface area contributed by atoms with Crippen LogP contribution < -0.4 is 0 Å². The average Bonchev–Trinajstić information content (AvgIpc) is 2.48. The van der Waals surface area contributed by atoms with Crippen molar-refractivity contribution in [1.29, 1.82) is 0 Å². The molecule has 0 saturated heterocycles. The number of aryl methyl sites for hydroxylation is 1. The van der Waals surface area contributed by atoms with Gasteiger partial charge in [0.05, 0.1) is 12.2 Å². The summed E-state index contributed by atoms with van der Waals surface area (Å²) in [4.78, 5) is 12.7. The van der Waals surface area contributed by atoms with Crippen LogP contribution in [-0.4, -0.2) is 46.4 Å². The van der Waals surface area contributed by atoms with Gasteiger partial charge in [-0.2, -0.15) is 5.10 Å². The third-order valence-electron chi connectivity index (χ3n) is 2.88. The lowest BCUT2D eigenvalue weighted by molar-refractivity contribution is -0.136. The van der Waals surface area contributed by atoms with Crippen LogP contribution in [0.1, 0.15) is 23.4 Å². The third kappa shape index (κ3) is 3.85. The Morgan fingerprint density at radius 2 is 2.06 bits per heavy atom. The molecule has 17 heavy (non-hydrogen) atoms. The van der Waals surface area contributed by atoms with Crippen molar-refractivity contribution in [3.8, 4) is 0 Å². The molecule has 1 aromatic heterocycles. The van der Waals surface area contributed by atoms with Gasteiger partial charge in [-0.1, -0.05) is 0 Å². The number of rotatable bonds is 6. The Bertz CT molecular complexity index is 397. The first-order valence-corrected chi connectivity index (χ1v) is 5.81. The zero-order valence-electron chi connectivity index (χ0n) is 11.0. The molecule has 5 nitrogen and oxygen atoms in total.